The Balaban J connectivity index is 2.98. The molecule has 1 aromatic heterocycles. The van der Waals surface area contributed by atoms with E-state index in [1.165, 1.54) is 0 Å². The van der Waals surface area contributed by atoms with Gasteiger partial charge in [-0.3, -0.25) is 0 Å². The van der Waals surface area contributed by atoms with E-state index < -0.39 is 23.4 Å². The molecule has 0 aliphatic rings. The molecule has 0 saturated carbocycles. The fourth-order valence-corrected chi connectivity index (χ4v) is 1.35. The molecule has 0 radical (unpaired) electrons. The first-order valence-corrected chi connectivity index (χ1v) is 6.39. The number of ether oxygens (including phenoxy) is 2. The summed E-state index contributed by atoms with van der Waals surface area (Å²) in [5.41, 5.74) is -1.41. The van der Waals surface area contributed by atoms with Crippen LogP contribution in [0.25, 0.3) is 0 Å². The second-order valence-electron chi connectivity index (χ2n) is 6.35. The molecule has 0 spiro atoms. The first-order chi connectivity index (χ1) is 8.99. The Morgan fingerprint density at radius 2 is 1.45 bits per heavy atom. The average molecular weight is 282 g/mol. The van der Waals surface area contributed by atoms with Gasteiger partial charge in [0.15, 0.2) is 0 Å². The molecule has 0 bridgehead atoms. The van der Waals surface area contributed by atoms with E-state index in [4.69, 9.17) is 9.47 Å². The smallest absolute Gasteiger partial charge is 0.425 e. The summed E-state index contributed by atoms with van der Waals surface area (Å²) in [6, 6.07) is 3.27. The predicted molar refractivity (Wildman–Crippen MR) is 75.7 cm³/mol. The molecule has 0 aliphatic carbocycles. The number of nitrogens with zero attached hydrogens (tertiary/aromatic N) is 1. The van der Waals surface area contributed by atoms with E-state index >= 15 is 0 Å². The largest absolute Gasteiger partial charge is 0.443 e. The van der Waals surface area contributed by atoms with Crippen LogP contribution in [0.5, 0.6) is 0 Å². The lowest BCUT2D eigenvalue weighted by atomic mass is 10.2. The van der Waals surface area contributed by atoms with Gasteiger partial charge in [-0.15, -0.1) is 0 Å². The first-order valence-electron chi connectivity index (χ1n) is 6.39. The molecule has 6 heteroatoms. The van der Waals surface area contributed by atoms with Gasteiger partial charge in [0, 0.05) is 6.20 Å². The summed E-state index contributed by atoms with van der Waals surface area (Å²) in [6.45, 7) is 10.4. The van der Waals surface area contributed by atoms with Gasteiger partial charge in [-0.05, 0) is 53.7 Å². The molecule has 0 atom stereocenters. The number of aromatic nitrogens is 1. The van der Waals surface area contributed by atoms with Gasteiger partial charge in [-0.1, -0.05) is 0 Å². The standard InChI is InChI=1S/C14H22N2O4/c1-13(2,3)19-11(17)16(10-8-7-9-15-10)12(18)20-14(4,5)6/h7-9,15H,1-6H3. The van der Waals surface area contributed by atoms with Gasteiger partial charge in [0.1, 0.15) is 17.0 Å². The Labute approximate surface area is 119 Å². The molecule has 2 amide bonds. The van der Waals surface area contributed by atoms with Crippen LogP contribution in [0.2, 0.25) is 0 Å². The summed E-state index contributed by atoms with van der Waals surface area (Å²) >= 11 is 0. The number of H-pyrrole nitrogens is 1. The first kappa shape index (κ1) is 16.1. The number of amides is 2. The van der Waals surface area contributed by atoms with Crippen LogP contribution in [0.3, 0.4) is 0 Å². The Kier molecular flexibility index (Phi) is 4.47. The maximum atomic E-state index is 12.2. The van der Waals surface area contributed by atoms with Gasteiger partial charge in [0.25, 0.3) is 0 Å². The van der Waals surface area contributed by atoms with Crippen molar-refractivity contribution in [3.8, 4) is 0 Å². The maximum absolute atomic E-state index is 12.2. The van der Waals surface area contributed by atoms with E-state index in [0.29, 0.717) is 5.82 Å². The number of anilines is 1. The second kappa shape index (κ2) is 5.56. The van der Waals surface area contributed by atoms with Gasteiger partial charge in [0.2, 0.25) is 0 Å². The Morgan fingerprint density at radius 3 is 1.75 bits per heavy atom. The lowest BCUT2D eigenvalue weighted by Crippen LogP contribution is -2.44. The predicted octanol–water partition coefficient (Wildman–Crippen LogP) is 3.69. The van der Waals surface area contributed by atoms with Gasteiger partial charge >= 0.3 is 12.2 Å². The summed E-state index contributed by atoms with van der Waals surface area (Å²) in [4.78, 5) is 28.0. The highest BCUT2D eigenvalue weighted by molar-refractivity contribution is 6.08. The van der Waals surface area contributed by atoms with Crippen molar-refractivity contribution >= 4 is 18.0 Å². The van der Waals surface area contributed by atoms with E-state index in [1.807, 2.05) is 0 Å². The lowest BCUT2D eigenvalue weighted by molar-refractivity contribution is 0.0429. The molecule has 0 unspecified atom stereocenters. The molecule has 0 aromatic carbocycles. The Bertz CT molecular complexity index is 438. The molecular weight excluding hydrogens is 260 g/mol. The molecule has 6 nitrogen and oxygen atoms in total. The minimum Gasteiger partial charge on any atom is -0.443 e. The summed E-state index contributed by atoms with van der Waals surface area (Å²) in [5, 5.41) is 0. The van der Waals surface area contributed by atoms with Gasteiger partial charge in [-0.25, -0.2) is 9.59 Å². The van der Waals surface area contributed by atoms with Crippen LogP contribution in [0, 0.1) is 0 Å². The third-order valence-electron chi connectivity index (χ3n) is 1.97. The molecule has 1 rings (SSSR count). The van der Waals surface area contributed by atoms with E-state index in [1.54, 1.807) is 59.9 Å². The van der Waals surface area contributed by atoms with E-state index in [0.717, 1.165) is 4.90 Å². The van der Waals surface area contributed by atoms with Crippen LogP contribution in [-0.4, -0.2) is 28.4 Å². The monoisotopic (exact) mass is 282 g/mol. The summed E-state index contributed by atoms with van der Waals surface area (Å²) in [7, 11) is 0. The molecule has 1 aromatic rings. The number of carbonyl (C=O) groups is 2. The van der Waals surface area contributed by atoms with Crippen molar-refractivity contribution in [1.29, 1.82) is 0 Å². The number of hydrogen-bond acceptors (Lipinski definition) is 4. The molecule has 112 valence electrons. The van der Waals surface area contributed by atoms with Gasteiger partial charge in [0.05, 0.1) is 0 Å². The topological polar surface area (TPSA) is 71.6 Å². The zero-order chi connectivity index (χ0) is 15.6. The zero-order valence-electron chi connectivity index (χ0n) is 12.8. The number of hydrogen-bond donors (Lipinski definition) is 1. The average Bonchev–Trinajstić information content (AvgIpc) is 2.64. The normalized spacial score (nSPS) is 11.9. The highest BCUT2D eigenvalue weighted by Gasteiger charge is 2.32. The van der Waals surface area contributed by atoms with Crippen LogP contribution in [-0.2, 0) is 9.47 Å². The molecule has 0 aliphatic heterocycles. The minimum atomic E-state index is -0.783. The third-order valence-corrected chi connectivity index (χ3v) is 1.97. The molecular formula is C14H22N2O4. The number of nitrogens with one attached hydrogen (secondary N) is 1. The van der Waals surface area contributed by atoms with E-state index in [9.17, 15) is 9.59 Å². The maximum Gasteiger partial charge on any atom is 0.425 e. The molecule has 0 fully saturated rings. The van der Waals surface area contributed by atoms with Crippen molar-refractivity contribution in [1.82, 2.24) is 4.98 Å². The Hall–Kier alpha value is -1.98. The van der Waals surface area contributed by atoms with Crippen LogP contribution in [0.15, 0.2) is 18.3 Å². The molecule has 1 N–H and O–H groups in total. The lowest BCUT2D eigenvalue weighted by Gasteiger charge is -2.27. The van der Waals surface area contributed by atoms with Crippen molar-refractivity contribution in [2.24, 2.45) is 0 Å². The number of carbonyl (C=O) groups excluding carboxylic acids is 2. The van der Waals surface area contributed by atoms with Crippen molar-refractivity contribution in [3.63, 3.8) is 0 Å². The molecule has 0 saturated heterocycles. The summed E-state index contributed by atoms with van der Waals surface area (Å²) in [5.74, 6) is 0.300. The second-order valence-corrected chi connectivity index (χ2v) is 6.35. The number of imide groups is 1. The van der Waals surface area contributed by atoms with E-state index in [2.05, 4.69) is 4.98 Å². The highest BCUT2D eigenvalue weighted by Crippen LogP contribution is 2.19. The molecule has 20 heavy (non-hydrogen) atoms. The SMILES string of the molecule is CC(C)(C)OC(=O)N(C(=O)OC(C)(C)C)c1ccc[nH]1. The highest BCUT2D eigenvalue weighted by atomic mass is 16.6. The van der Waals surface area contributed by atoms with Gasteiger partial charge < -0.3 is 14.5 Å². The van der Waals surface area contributed by atoms with Crippen LogP contribution in [0.1, 0.15) is 41.5 Å². The Morgan fingerprint density at radius 1 is 1.00 bits per heavy atom. The van der Waals surface area contributed by atoms with Crippen LogP contribution in [0.4, 0.5) is 15.4 Å². The third kappa shape index (κ3) is 4.95. The number of rotatable bonds is 1. The summed E-state index contributed by atoms with van der Waals surface area (Å²) < 4.78 is 10.5. The van der Waals surface area contributed by atoms with Crippen molar-refractivity contribution in [2.45, 2.75) is 52.7 Å². The van der Waals surface area contributed by atoms with Crippen molar-refractivity contribution < 1.29 is 19.1 Å². The minimum absolute atomic E-state index is 0.300. The van der Waals surface area contributed by atoms with Crippen molar-refractivity contribution in [3.05, 3.63) is 18.3 Å². The zero-order valence-corrected chi connectivity index (χ0v) is 12.8. The van der Waals surface area contributed by atoms with Crippen LogP contribution >= 0.6 is 0 Å². The fraction of sp³-hybridized carbons (Fsp3) is 0.571. The van der Waals surface area contributed by atoms with Crippen LogP contribution < -0.4 is 4.90 Å². The summed E-state index contributed by atoms with van der Waals surface area (Å²) in [6.07, 6.45) is 0.0419. The van der Waals surface area contributed by atoms with Crippen molar-refractivity contribution in [2.75, 3.05) is 4.90 Å². The van der Waals surface area contributed by atoms with E-state index in [-0.39, 0.29) is 0 Å². The number of aromatic amines is 1. The van der Waals surface area contributed by atoms with Gasteiger partial charge in [-0.2, -0.15) is 4.90 Å². The fourth-order valence-electron chi connectivity index (χ4n) is 1.35. The molecule has 1 heterocycles. The quantitative estimate of drug-likeness (QED) is 0.852.